The van der Waals surface area contributed by atoms with Gasteiger partial charge in [0.1, 0.15) is 5.69 Å². The summed E-state index contributed by atoms with van der Waals surface area (Å²) in [5.74, 6) is -1.90. The Morgan fingerprint density at radius 2 is 1.79 bits per heavy atom. The summed E-state index contributed by atoms with van der Waals surface area (Å²) >= 11 is 13.4. The standard InChI is InChI=1S/C22H22Cl2N2O5S2/c1-12-9-17-16(21(24)20(12)23)10-18(26(17)3)22(28)25-13(2)14-5-7-15(8-6-14)33(29,30)11-19(27)31-32-4/h5-10,13H,11H2,1-4H3,(H,25,28)/t13-/m1/s1. The molecule has 1 heterocycles. The number of amides is 1. The van der Waals surface area contributed by atoms with E-state index in [-0.39, 0.29) is 10.8 Å². The summed E-state index contributed by atoms with van der Waals surface area (Å²) in [5.41, 5.74) is 2.71. The number of nitrogens with one attached hydrogen (secondary N) is 1. The van der Waals surface area contributed by atoms with Crippen LogP contribution < -0.4 is 5.32 Å². The lowest BCUT2D eigenvalue weighted by atomic mass is 10.1. The van der Waals surface area contributed by atoms with Crippen molar-refractivity contribution in [2.45, 2.75) is 24.8 Å². The molecule has 2 aromatic carbocycles. The van der Waals surface area contributed by atoms with Crippen LogP contribution >= 0.6 is 35.2 Å². The Morgan fingerprint density at radius 1 is 1.15 bits per heavy atom. The molecular formula is C22H22Cl2N2O5S2. The molecule has 0 unspecified atom stereocenters. The molecule has 1 aromatic heterocycles. The van der Waals surface area contributed by atoms with Crippen molar-refractivity contribution in [3.8, 4) is 0 Å². The van der Waals surface area contributed by atoms with E-state index in [0.717, 1.165) is 23.1 Å². The molecule has 11 heteroatoms. The first-order valence-electron chi connectivity index (χ1n) is 9.77. The van der Waals surface area contributed by atoms with Crippen LogP contribution in [0, 0.1) is 6.92 Å². The van der Waals surface area contributed by atoms with Gasteiger partial charge in [-0.25, -0.2) is 13.2 Å². The molecule has 0 aliphatic heterocycles. The average molecular weight is 529 g/mol. The van der Waals surface area contributed by atoms with Gasteiger partial charge in [0.05, 0.1) is 38.5 Å². The Kier molecular flexibility index (Phi) is 7.68. The molecule has 1 atom stereocenters. The minimum atomic E-state index is -3.82. The van der Waals surface area contributed by atoms with Gasteiger partial charge in [0, 0.05) is 18.7 Å². The number of carbonyl (C=O) groups is 2. The molecule has 1 amide bonds. The third-order valence-electron chi connectivity index (χ3n) is 5.21. The molecule has 0 radical (unpaired) electrons. The van der Waals surface area contributed by atoms with Crippen molar-refractivity contribution in [2.75, 3.05) is 12.0 Å². The number of aromatic nitrogens is 1. The second-order valence-electron chi connectivity index (χ2n) is 7.49. The lowest BCUT2D eigenvalue weighted by Gasteiger charge is -2.15. The monoisotopic (exact) mass is 528 g/mol. The van der Waals surface area contributed by atoms with Crippen molar-refractivity contribution in [2.24, 2.45) is 7.05 Å². The van der Waals surface area contributed by atoms with Gasteiger partial charge in [-0.05, 0) is 49.2 Å². The van der Waals surface area contributed by atoms with Gasteiger partial charge in [0.25, 0.3) is 5.91 Å². The summed E-state index contributed by atoms with van der Waals surface area (Å²) in [6.07, 6.45) is 1.53. The van der Waals surface area contributed by atoms with Crippen molar-refractivity contribution < 1.29 is 22.2 Å². The highest BCUT2D eigenvalue weighted by atomic mass is 35.5. The van der Waals surface area contributed by atoms with E-state index in [1.165, 1.54) is 18.4 Å². The van der Waals surface area contributed by atoms with Crippen molar-refractivity contribution in [1.29, 1.82) is 0 Å². The second kappa shape index (κ2) is 9.97. The van der Waals surface area contributed by atoms with Crippen molar-refractivity contribution in [3.05, 3.63) is 63.3 Å². The van der Waals surface area contributed by atoms with Crippen molar-refractivity contribution in [3.63, 3.8) is 0 Å². The first-order valence-corrected chi connectivity index (χ1v) is 13.3. The van der Waals surface area contributed by atoms with Crippen LogP contribution in [0.15, 0.2) is 41.3 Å². The van der Waals surface area contributed by atoms with Gasteiger partial charge in [0.2, 0.25) is 0 Å². The molecule has 0 saturated heterocycles. The maximum atomic E-state index is 13.0. The molecule has 3 aromatic rings. The third-order valence-corrected chi connectivity index (χ3v) is 8.15. The van der Waals surface area contributed by atoms with Crippen LogP contribution in [0.25, 0.3) is 10.9 Å². The molecule has 3 rings (SSSR count). The van der Waals surface area contributed by atoms with Crippen LogP contribution in [0.1, 0.15) is 34.6 Å². The van der Waals surface area contributed by atoms with Crippen molar-refractivity contribution >= 4 is 67.9 Å². The number of hydrogen-bond acceptors (Lipinski definition) is 6. The van der Waals surface area contributed by atoms with Crippen LogP contribution in [0.2, 0.25) is 10.0 Å². The molecule has 0 aliphatic carbocycles. The molecule has 0 fully saturated rings. The zero-order valence-electron chi connectivity index (χ0n) is 18.3. The van der Waals surface area contributed by atoms with Crippen LogP contribution in [-0.2, 0) is 25.9 Å². The highest BCUT2D eigenvalue weighted by Crippen LogP contribution is 2.35. The van der Waals surface area contributed by atoms with E-state index in [1.807, 2.05) is 13.0 Å². The molecule has 7 nitrogen and oxygen atoms in total. The number of fused-ring (bicyclic) bond motifs is 1. The second-order valence-corrected chi connectivity index (χ2v) is 10.7. The van der Waals surface area contributed by atoms with E-state index in [1.54, 1.807) is 36.7 Å². The summed E-state index contributed by atoms with van der Waals surface area (Å²) < 4.78 is 31.1. The number of halogens is 2. The van der Waals surface area contributed by atoms with Gasteiger partial charge < -0.3 is 14.1 Å². The predicted molar refractivity (Wildman–Crippen MR) is 132 cm³/mol. The van der Waals surface area contributed by atoms with E-state index in [9.17, 15) is 18.0 Å². The van der Waals surface area contributed by atoms with E-state index in [4.69, 9.17) is 23.2 Å². The van der Waals surface area contributed by atoms with E-state index >= 15 is 0 Å². The smallest absolute Gasteiger partial charge is 0.333 e. The van der Waals surface area contributed by atoms with Crippen LogP contribution in [0.5, 0.6) is 0 Å². The maximum absolute atomic E-state index is 13.0. The molecule has 33 heavy (non-hydrogen) atoms. The number of hydrogen-bond donors (Lipinski definition) is 1. The fraction of sp³-hybridized carbons (Fsp3) is 0.273. The van der Waals surface area contributed by atoms with Gasteiger partial charge in [-0.3, -0.25) is 4.79 Å². The van der Waals surface area contributed by atoms with Gasteiger partial charge in [-0.1, -0.05) is 35.3 Å². The Hall–Kier alpha value is -2.20. The highest BCUT2D eigenvalue weighted by Gasteiger charge is 2.22. The Labute approximate surface area is 206 Å². The molecule has 0 saturated carbocycles. The van der Waals surface area contributed by atoms with Crippen LogP contribution in [-0.4, -0.2) is 36.9 Å². The lowest BCUT2D eigenvalue weighted by Crippen LogP contribution is -2.28. The molecule has 176 valence electrons. The van der Waals surface area contributed by atoms with Crippen molar-refractivity contribution in [1.82, 2.24) is 9.88 Å². The van der Waals surface area contributed by atoms with Gasteiger partial charge in [0.15, 0.2) is 15.6 Å². The number of sulfone groups is 1. The van der Waals surface area contributed by atoms with E-state index in [2.05, 4.69) is 9.50 Å². The maximum Gasteiger partial charge on any atom is 0.333 e. The first-order chi connectivity index (χ1) is 15.5. The van der Waals surface area contributed by atoms with E-state index < -0.39 is 27.6 Å². The number of benzene rings is 2. The largest absolute Gasteiger partial charge is 0.391 e. The Bertz CT molecular complexity index is 1340. The number of nitrogens with zero attached hydrogens (tertiary/aromatic N) is 1. The fourth-order valence-corrected chi connectivity index (χ4v) is 5.28. The number of carbonyl (C=O) groups excluding carboxylic acids is 2. The van der Waals surface area contributed by atoms with Crippen LogP contribution in [0.3, 0.4) is 0 Å². The van der Waals surface area contributed by atoms with Gasteiger partial charge in [-0.2, -0.15) is 0 Å². The molecular weight excluding hydrogens is 507 g/mol. The Morgan fingerprint density at radius 3 is 2.39 bits per heavy atom. The summed E-state index contributed by atoms with van der Waals surface area (Å²) in [4.78, 5) is 24.5. The molecule has 0 bridgehead atoms. The summed E-state index contributed by atoms with van der Waals surface area (Å²) in [7, 11) is -2.05. The van der Waals surface area contributed by atoms with Gasteiger partial charge >= 0.3 is 5.97 Å². The van der Waals surface area contributed by atoms with E-state index in [0.29, 0.717) is 26.7 Å². The Balaban J connectivity index is 1.78. The SMILES string of the molecule is CSOC(=O)CS(=O)(=O)c1ccc([C@@H](C)NC(=O)c2cc3c(Cl)c(Cl)c(C)cc3n2C)cc1. The first kappa shape index (κ1) is 25.4. The molecule has 1 N–H and O–H groups in total. The van der Waals surface area contributed by atoms with Crippen LogP contribution in [0.4, 0.5) is 0 Å². The lowest BCUT2D eigenvalue weighted by molar-refractivity contribution is -0.130. The zero-order chi connectivity index (χ0) is 24.5. The number of rotatable bonds is 7. The minimum absolute atomic E-state index is 0.00148. The van der Waals surface area contributed by atoms with Gasteiger partial charge in [-0.15, -0.1) is 0 Å². The average Bonchev–Trinajstić information content (AvgIpc) is 3.08. The summed E-state index contributed by atoms with van der Waals surface area (Å²) in [6, 6.07) is 9.15. The predicted octanol–water partition coefficient (Wildman–Crippen LogP) is 4.88. The quantitative estimate of drug-likeness (QED) is 0.439. The molecule has 0 spiro atoms. The number of aryl methyl sites for hydroxylation is 2. The molecule has 0 aliphatic rings. The minimum Gasteiger partial charge on any atom is -0.391 e. The highest BCUT2D eigenvalue weighted by molar-refractivity contribution is 7.94. The zero-order valence-corrected chi connectivity index (χ0v) is 21.5. The normalized spacial score (nSPS) is 12.5. The summed E-state index contributed by atoms with van der Waals surface area (Å²) in [6.45, 7) is 3.63. The third kappa shape index (κ3) is 5.32. The summed E-state index contributed by atoms with van der Waals surface area (Å²) in [5, 5.41) is 4.44. The fourth-order valence-electron chi connectivity index (χ4n) is 3.42. The topological polar surface area (TPSA) is 94.5 Å².